The fourth-order valence-corrected chi connectivity index (χ4v) is 2.54. The maximum Gasteiger partial charge on any atom is 0.138 e. The Kier molecular flexibility index (Phi) is 3.48. The van der Waals surface area contributed by atoms with Crippen LogP contribution in [0.25, 0.3) is 22.4 Å². The highest BCUT2D eigenvalue weighted by Crippen LogP contribution is 2.26. The Bertz CT molecular complexity index is 910. The fourth-order valence-electron chi connectivity index (χ4n) is 2.41. The lowest BCUT2D eigenvalue weighted by molar-refractivity contribution is 0.483. The van der Waals surface area contributed by atoms with Crippen LogP contribution in [0.1, 0.15) is 0 Å². The third kappa shape index (κ3) is 2.91. The number of hydrogen-bond donors (Lipinski definition) is 1. The van der Waals surface area contributed by atoms with Crippen LogP contribution in [-0.4, -0.2) is 9.97 Å². The maximum atomic E-state index is 5.87. The van der Waals surface area contributed by atoms with E-state index in [2.05, 4.69) is 9.97 Å². The van der Waals surface area contributed by atoms with Crippen molar-refractivity contribution >= 4 is 22.6 Å². The molecule has 1 aromatic heterocycles. The number of aromatic amines is 1. The fraction of sp³-hybridized carbons (Fsp3) is 0. The van der Waals surface area contributed by atoms with Gasteiger partial charge < -0.3 is 9.72 Å². The summed E-state index contributed by atoms with van der Waals surface area (Å²) >= 11 is 5.87. The molecule has 4 aromatic rings. The SMILES string of the molecule is Clc1ccc(Oc2ccc(-c3nc4ccccc4[nH]3)cc2)cc1. The van der Waals surface area contributed by atoms with E-state index in [0.717, 1.165) is 33.9 Å². The number of halogens is 1. The van der Waals surface area contributed by atoms with Gasteiger partial charge in [-0.3, -0.25) is 0 Å². The molecular weight excluding hydrogens is 308 g/mol. The summed E-state index contributed by atoms with van der Waals surface area (Å²) in [5, 5.41) is 0.692. The minimum atomic E-state index is 0.692. The molecule has 23 heavy (non-hydrogen) atoms. The summed E-state index contributed by atoms with van der Waals surface area (Å²) in [6.45, 7) is 0. The van der Waals surface area contributed by atoms with Gasteiger partial charge in [0.15, 0.2) is 0 Å². The normalized spacial score (nSPS) is 10.8. The van der Waals surface area contributed by atoms with Gasteiger partial charge in [-0.05, 0) is 60.7 Å². The molecule has 0 atom stereocenters. The topological polar surface area (TPSA) is 37.9 Å². The van der Waals surface area contributed by atoms with Crippen molar-refractivity contribution < 1.29 is 4.74 Å². The van der Waals surface area contributed by atoms with Crippen LogP contribution in [0, 0.1) is 0 Å². The Labute approximate surface area is 138 Å². The van der Waals surface area contributed by atoms with Gasteiger partial charge in [-0.2, -0.15) is 0 Å². The van der Waals surface area contributed by atoms with E-state index < -0.39 is 0 Å². The average molecular weight is 321 g/mol. The van der Waals surface area contributed by atoms with E-state index in [9.17, 15) is 0 Å². The number of nitrogens with one attached hydrogen (secondary N) is 1. The van der Waals surface area contributed by atoms with Crippen LogP contribution in [0.15, 0.2) is 72.8 Å². The first-order chi connectivity index (χ1) is 11.3. The van der Waals surface area contributed by atoms with Crippen molar-refractivity contribution in [1.82, 2.24) is 9.97 Å². The number of ether oxygens (including phenoxy) is 1. The van der Waals surface area contributed by atoms with Crippen molar-refractivity contribution in [2.45, 2.75) is 0 Å². The Morgan fingerprint density at radius 2 is 1.43 bits per heavy atom. The van der Waals surface area contributed by atoms with Crippen LogP contribution < -0.4 is 4.74 Å². The van der Waals surface area contributed by atoms with Crippen molar-refractivity contribution in [3.63, 3.8) is 0 Å². The lowest BCUT2D eigenvalue weighted by Crippen LogP contribution is -1.85. The highest BCUT2D eigenvalue weighted by Gasteiger charge is 2.05. The molecule has 3 nitrogen and oxygen atoms in total. The molecule has 0 fully saturated rings. The highest BCUT2D eigenvalue weighted by atomic mass is 35.5. The Hall–Kier alpha value is -2.78. The summed E-state index contributed by atoms with van der Waals surface area (Å²) in [7, 11) is 0. The summed E-state index contributed by atoms with van der Waals surface area (Å²) in [5.74, 6) is 2.38. The molecule has 4 heteroatoms. The summed E-state index contributed by atoms with van der Waals surface area (Å²) in [6.07, 6.45) is 0. The number of fused-ring (bicyclic) bond motifs is 1. The van der Waals surface area contributed by atoms with E-state index in [4.69, 9.17) is 16.3 Å². The molecule has 0 unspecified atom stereocenters. The van der Waals surface area contributed by atoms with Crippen LogP contribution in [0.3, 0.4) is 0 Å². The van der Waals surface area contributed by atoms with Crippen LogP contribution in [0.4, 0.5) is 0 Å². The van der Waals surface area contributed by atoms with Crippen LogP contribution >= 0.6 is 11.6 Å². The first-order valence-corrected chi connectivity index (χ1v) is 7.64. The number of aromatic nitrogens is 2. The smallest absolute Gasteiger partial charge is 0.138 e. The molecule has 0 bridgehead atoms. The predicted octanol–water partition coefficient (Wildman–Crippen LogP) is 5.68. The van der Waals surface area contributed by atoms with Crippen molar-refractivity contribution in [1.29, 1.82) is 0 Å². The first-order valence-electron chi connectivity index (χ1n) is 7.26. The van der Waals surface area contributed by atoms with E-state index in [1.165, 1.54) is 0 Å². The maximum absolute atomic E-state index is 5.87. The van der Waals surface area contributed by atoms with E-state index in [1.54, 1.807) is 12.1 Å². The van der Waals surface area contributed by atoms with E-state index in [0.29, 0.717) is 5.02 Å². The standard InChI is InChI=1S/C19H13ClN2O/c20-14-7-11-16(12-8-14)23-15-9-5-13(6-10-15)19-21-17-3-1-2-4-18(17)22-19/h1-12H,(H,21,22). The van der Waals surface area contributed by atoms with Gasteiger partial charge in [-0.25, -0.2) is 4.98 Å². The zero-order chi connectivity index (χ0) is 15.6. The van der Waals surface area contributed by atoms with Gasteiger partial charge in [0.1, 0.15) is 17.3 Å². The number of benzene rings is 3. The monoisotopic (exact) mass is 320 g/mol. The van der Waals surface area contributed by atoms with Gasteiger partial charge in [0.05, 0.1) is 11.0 Å². The summed E-state index contributed by atoms with van der Waals surface area (Å²) in [5.41, 5.74) is 3.01. The van der Waals surface area contributed by atoms with Gasteiger partial charge in [0, 0.05) is 10.6 Å². The summed E-state index contributed by atoms with van der Waals surface area (Å²) < 4.78 is 5.79. The number of H-pyrrole nitrogens is 1. The molecule has 0 saturated heterocycles. The lowest BCUT2D eigenvalue weighted by atomic mass is 10.2. The molecular formula is C19H13ClN2O. The molecule has 0 aliphatic rings. The Balaban J connectivity index is 1.58. The minimum Gasteiger partial charge on any atom is -0.457 e. The first kappa shape index (κ1) is 13.9. The van der Waals surface area contributed by atoms with Crippen LogP contribution in [0.5, 0.6) is 11.5 Å². The average Bonchev–Trinajstić information content (AvgIpc) is 3.02. The molecule has 4 rings (SSSR count). The lowest BCUT2D eigenvalue weighted by Gasteiger charge is -2.06. The summed E-state index contributed by atoms with van der Waals surface area (Å²) in [6, 6.07) is 23.1. The molecule has 0 spiro atoms. The van der Waals surface area contributed by atoms with E-state index in [-0.39, 0.29) is 0 Å². The largest absolute Gasteiger partial charge is 0.457 e. The molecule has 1 heterocycles. The number of imidazole rings is 1. The Morgan fingerprint density at radius 1 is 0.783 bits per heavy atom. The van der Waals surface area contributed by atoms with E-state index in [1.807, 2.05) is 60.7 Å². The zero-order valence-electron chi connectivity index (χ0n) is 12.2. The van der Waals surface area contributed by atoms with Crippen molar-refractivity contribution in [2.75, 3.05) is 0 Å². The van der Waals surface area contributed by atoms with Crippen LogP contribution in [0.2, 0.25) is 5.02 Å². The minimum absolute atomic E-state index is 0.692. The van der Waals surface area contributed by atoms with Gasteiger partial charge in [0.2, 0.25) is 0 Å². The summed E-state index contributed by atoms with van der Waals surface area (Å²) in [4.78, 5) is 7.92. The molecule has 0 aliphatic carbocycles. The molecule has 0 saturated carbocycles. The molecule has 0 amide bonds. The van der Waals surface area contributed by atoms with E-state index >= 15 is 0 Å². The third-order valence-corrected chi connectivity index (χ3v) is 3.82. The zero-order valence-corrected chi connectivity index (χ0v) is 12.9. The number of para-hydroxylation sites is 2. The quantitative estimate of drug-likeness (QED) is 0.527. The van der Waals surface area contributed by atoms with Gasteiger partial charge in [0.25, 0.3) is 0 Å². The predicted molar refractivity (Wildman–Crippen MR) is 93.1 cm³/mol. The number of nitrogens with zero attached hydrogens (tertiary/aromatic N) is 1. The molecule has 1 N–H and O–H groups in total. The van der Waals surface area contributed by atoms with Crippen molar-refractivity contribution in [3.05, 3.63) is 77.8 Å². The second-order valence-corrected chi connectivity index (χ2v) is 5.62. The Morgan fingerprint density at radius 3 is 2.13 bits per heavy atom. The molecule has 3 aromatic carbocycles. The van der Waals surface area contributed by atoms with Crippen molar-refractivity contribution in [2.24, 2.45) is 0 Å². The number of hydrogen-bond acceptors (Lipinski definition) is 2. The van der Waals surface area contributed by atoms with Gasteiger partial charge in [-0.15, -0.1) is 0 Å². The van der Waals surface area contributed by atoms with Gasteiger partial charge in [-0.1, -0.05) is 23.7 Å². The molecule has 0 radical (unpaired) electrons. The highest BCUT2D eigenvalue weighted by molar-refractivity contribution is 6.30. The third-order valence-electron chi connectivity index (χ3n) is 3.57. The van der Waals surface area contributed by atoms with Crippen LogP contribution in [-0.2, 0) is 0 Å². The second-order valence-electron chi connectivity index (χ2n) is 5.18. The number of rotatable bonds is 3. The van der Waals surface area contributed by atoms with Gasteiger partial charge >= 0.3 is 0 Å². The second kappa shape index (κ2) is 5.78. The molecule has 112 valence electrons. The van der Waals surface area contributed by atoms with Crippen molar-refractivity contribution in [3.8, 4) is 22.9 Å². The molecule has 0 aliphatic heterocycles.